The van der Waals surface area contributed by atoms with E-state index in [9.17, 15) is 8.78 Å². The summed E-state index contributed by atoms with van der Waals surface area (Å²) in [6, 6.07) is 10.1. The van der Waals surface area contributed by atoms with Gasteiger partial charge in [0.15, 0.2) is 29.1 Å². The number of hydrogen-bond acceptors (Lipinski definition) is 5. The fourth-order valence-electron chi connectivity index (χ4n) is 6.06. The zero-order valence-electron chi connectivity index (χ0n) is 21.7. The molecule has 1 unspecified atom stereocenters. The third-order valence-electron chi connectivity index (χ3n) is 7.82. The highest BCUT2D eigenvalue weighted by Gasteiger charge is 2.45. The summed E-state index contributed by atoms with van der Waals surface area (Å²) in [7, 11) is 1.63. The number of nitrogens with zero attached hydrogens (tertiary/aromatic N) is 4. The number of halogens is 2. The maximum Gasteiger partial charge on any atom is 0.191 e. The summed E-state index contributed by atoms with van der Waals surface area (Å²) in [6.45, 7) is 6.97. The first-order valence-electron chi connectivity index (χ1n) is 12.9. The molecular weight excluding hydrogens is 474 g/mol. The molecule has 0 saturated heterocycles. The average Bonchev–Trinajstić information content (AvgIpc) is 3.54. The molecule has 6 nitrogen and oxygen atoms in total. The summed E-state index contributed by atoms with van der Waals surface area (Å²) in [4.78, 5) is 4.20. The van der Waals surface area contributed by atoms with Crippen molar-refractivity contribution in [2.45, 2.75) is 64.8 Å². The van der Waals surface area contributed by atoms with Gasteiger partial charge in [-0.1, -0.05) is 38.8 Å². The Morgan fingerprint density at radius 3 is 2.57 bits per heavy atom. The van der Waals surface area contributed by atoms with Crippen LogP contribution in [0.5, 0.6) is 5.75 Å². The number of rotatable bonds is 8. The highest BCUT2D eigenvalue weighted by molar-refractivity contribution is 5.71. The molecule has 0 fully saturated rings. The monoisotopic (exact) mass is 506 g/mol. The minimum Gasteiger partial charge on any atom is -0.496 e. The highest BCUT2D eigenvalue weighted by Crippen LogP contribution is 2.46. The highest BCUT2D eigenvalue weighted by atomic mass is 19.2. The predicted octanol–water partition coefficient (Wildman–Crippen LogP) is 6.91. The summed E-state index contributed by atoms with van der Waals surface area (Å²) >= 11 is 0. The van der Waals surface area contributed by atoms with Gasteiger partial charge >= 0.3 is 0 Å². The Bertz CT molecular complexity index is 1410. The number of oxazole rings is 1. The lowest BCUT2D eigenvalue weighted by molar-refractivity contribution is 0.182. The van der Waals surface area contributed by atoms with E-state index >= 15 is 0 Å². The molecule has 3 heterocycles. The Balaban J connectivity index is 1.59. The van der Waals surface area contributed by atoms with Crippen LogP contribution >= 0.6 is 0 Å². The molecule has 37 heavy (non-hydrogen) atoms. The van der Waals surface area contributed by atoms with E-state index < -0.39 is 11.6 Å². The molecule has 5 rings (SSSR count). The number of aryl methyl sites for hydroxylation is 1. The van der Waals surface area contributed by atoms with E-state index in [-0.39, 0.29) is 5.41 Å². The lowest BCUT2D eigenvalue weighted by Crippen LogP contribution is -2.43. The molecule has 0 saturated carbocycles. The van der Waals surface area contributed by atoms with Gasteiger partial charge < -0.3 is 13.7 Å². The van der Waals surface area contributed by atoms with E-state index in [0.717, 1.165) is 60.6 Å². The molecule has 2 aromatic heterocycles. The molecule has 2 aromatic carbocycles. The Kier molecular flexibility index (Phi) is 6.84. The number of aromatic nitrogens is 4. The van der Waals surface area contributed by atoms with Gasteiger partial charge in [-0.15, -0.1) is 10.2 Å². The van der Waals surface area contributed by atoms with Gasteiger partial charge in [-0.3, -0.25) is 0 Å². The fourth-order valence-corrected chi connectivity index (χ4v) is 6.06. The average molecular weight is 507 g/mol. The van der Waals surface area contributed by atoms with Crippen molar-refractivity contribution < 1.29 is 17.9 Å². The molecule has 4 aromatic rings. The van der Waals surface area contributed by atoms with Gasteiger partial charge in [-0.05, 0) is 55.0 Å². The largest absolute Gasteiger partial charge is 0.496 e. The molecular formula is C29H32F2N4O2. The Hall–Kier alpha value is -3.55. The lowest BCUT2D eigenvalue weighted by atomic mass is 9.64. The number of fused-ring (bicyclic) bond motifs is 1. The molecule has 0 radical (unpaired) electrons. The van der Waals surface area contributed by atoms with E-state index in [1.54, 1.807) is 26.3 Å². The van der Waals surface area contributed by atoms with Crippen molar-refractivity contribution >= 4 is 0 Å². The second-order valence-corrected chi connectivity index (χ2v) is 9.86. The van der Waals surface area contributed by atoms with Crippen LogP contribution in [0.2, 0.25) is 0 Å². The van der Waals surface area contributed by atoms with Crippen LogP contribution in [0, 0.1) is 24.5 Å². The number of hydrogen-bond donors (Lipinski definition) is 0. The predicted molar refractivity (Wildman–Crippen MR) is 137 cm³/mol. The van der Waals surface area contributed by atoms with Crippen LogP contribution in [0.3, 0.4) is 0 Å². The Labute approximate surface area is 215 Å². The van der Waals surface area contributed by atoms with Crippen LogP contribution in [0.1, 0.15) is 56.8 Å². The third-order valence-corrected chi connectivity index (χ3v) is 7.82. The summed E-state index contributed by atoms with van der Waals surface area (Å²) in [5.74, 6) is 2.26. The van der Waals surface area contributed by atoms with Crippen LogP contribution in [0.15, 0.2) is 47.0 Å². The molecule has 8 heteroatoms. The lowest BCUT2D eigenvalue weighted by Gasteiger charge is -2.43. The van der Waals surface area contributed by atoms with E-state index in [1.807, 2.05) is 18.2 Å². The molecule has 1 atom stereocenters. The van der Waals surface area contributed by atoms with E-state index in [2.05, 4.69) is 28.5 Å². The van der Waals surface area contributed by atoms with Gasteiger partial charge in [-0.2, -0.15) is 0 Å². The molecule has 0 aliphatic carbocycles. The van der Waals surface area contributed by atoms with Crippen molar-refractivity contribution in [3.63, 3.8) is 0 Å². The van der Waals surface area contributed by atoms with Crippen LogP contribution in [-0.2, 0) is 18.4 Å². The van der Waals surface area contributed by atoms with E-state index in [4.69, 9.17) is 14.3 Å². The molecule has 1 aliphatic heterocycles. The maximum absolute atomic E-state index is 14.1. The first kappa shape index (κ1) is 25.1. The molecule has 0 bridgehead atoms. The van der Waals surface area contributed by atoms with Crippen LogP contribution in [-0.4, -0.2) is 26.9 Å². The van der Waals surface area contributed by atoms with Gasteiger partial charge in [0.1, 0.15) is 11.6 Å². The van der Waals surface area contributed by atoms with Gasteiger partial charge in [0.2, 0.25) is 0 Å². The van der Waals surface area contributed by atoms with Crippen molar-refractivity contribution in [1.29, 1.82) is 0 Å². The van der Waals surface area contributed by atoms with Crippen molar-refractivity contribution in [2.24, 2.45) is 5.92 Å². The van der Waals surface area contributed by atoms with Crippen LogP contribution in [0.25, 0.3) is 22.7 Å². The second kappa shape index (κ2) is 10.1. The number of ether oxygens (including phenoxy) is 1. The number of methoxy groups -OCH3 is 1. The van der Waals surface area contributed by atoms with Crippen molar-refractivity contribution in [1.82, 2.24) is 19.7 Å². The van der Waals surface area contributed by atoms with Gasteiger partial charge in [0.05, 0.1) is 18.9 Å². The normalized spacial score (nSPS) is 17.3. The fraction of sp³-hybridized carbons (Fsp3) is 0.414. The zero-order chi connectivity index (χ0) is 26.2. The SMILES string of the molecule is CCC(CC)C1(Cc2ccc(F)c(F)c2)CCCn2c(-c3ccc(-c4cnc(C)o4)c(OC)c3)nnc21. The van der Waals surface area contributed by atoms with Crippen molar-refractivity contribution in [3.8, 4) is 28.5 Å². The van der Waals surface area contributed by atoms with E-state index in [0.29, 0.717) is 29.7 Å². The summed E-state index contributed by atoms with van der Waals surface area (Å²) in [6.07, 6.45) is 6.06. The van der Waals surface area contributed by atoms with Crippen LogP contribution < -0.4 is 4.74 Å². The second-order valence-electron chi connectivity index (χ2n) is 9.86. The smallest absolute Gasteiger partial charge is 0.191 e. The first-order valence-corrected chi connectivity index (χ1v) is 12.9. The van der Waals surface area contributed by atoms with Gasteiger partial charge in [0.25, 0.3) is 0 Å². The molecule has 0 N–H and O–H groups in total. The minimum atomic E-state index is -0.827. The standard InChI is InChI=1S/C29H32F2N4O2/c1-5-21(6-2)29(16-19-8-11-23(30)24(31)14-19)12-7-13-35-27(33-34-28(29)35)20-9-10-22(25(15-20)36-4)26-17-32-18(3)37-26/h8-11,14-15,17,21H,5-7,12-13,16H2,1-4H3. The topological polar surface area (TPSA) is 66.0 Å². The summed E-state index contributed by atoms with van der Waals surface area (Å²) in [5.41, 5.74) is 2.16. The van der Waals surface area contributed by atoms with Gasteiger partial charge in [0, 0.05) is 24.4 Å². The Morgan fingerprint density at radius 2 is 1.89 bits per heavy atom. The zero-order valence-corrected chi connectivity index (χ0v) is 21.7. The number of benzene rings is 2. The summed E-state index contributed by atoms with van der Waals surface area (Å²) in [5, 5.41) is 9.41. The van der Waals surface area contributed by atoms with E-state index in [1.165, 1.54) is 12.1 Å². The van der Waals surface area contributed by atoms with Crippen molar-refractivity contribution in [2.75, 3.05) is 7.11 Å². The maximum atomic E-state index is 14.1. The molecule has 1 aliphatic rings. The summed E-state index contributed by atoms with van der Waals surface area (Å²) < 4.78 is 41.4. The minimum absolute atomic E-state index is 0.321. The quantitative estimate of drug-likeness (QED) is 0.260. The third kappa shape index (κ3) is 4.43. The first-order chi connectivity index (χ1) is 17.9. The molecule has 194 valence electrons. The molecule has 0 spiro atoms. The van der Waals surface area contributed by atoms with Gasteiger partial charge in [-0.25, -0.2) is 13.8 Å². The Morgan fingerprint density at radius 1 is 1.08 bits per heavy atom. The van der Waals surface area contributed by atoms with Crippen molar-refractivity contribution in [3.05, 3.63) is 71.5 Å². The molecule has 0 amide bonds. The van der Waals surface area contributed by atoms with Crippen LogP contribution in [0.4, 0.5) is 8.78 Å².